The van der Waals surface area contributed by atoms with Gasteiger partial charge in [0.15, 0.2) is 0 Å². The van der Waals surface area contributed by atoms with Crippen molar-refractivity contribution in [2.75, 3.05) is 0 Å². The summed E-state index contributed by atoms with van der Waals surface area (Å²) in [5, 5.41) is 85.9. The highest BCUT2D eigenvalue weighted by atomic mass is 14.7. The highest BCUT2D eigenvalue weighted by molar-refractivity contribution is 6.81. The largest absolute Gasteiger partial charge is 0.0622 e. The van der Waals surface area contributed by atoms with Gasteiger partial charge in [0, 0.05) is 5.92 Å². The Morgan fingerprint density at radius 1 is 0.188 bits per heavy atom. The summed E-state index contributed by atoms with van der Waals surface area (Å²) in [5.74, 6) is 0.0313. The van der Waals surface area contributed by atoms with E-state index in [1.165, 1.54) is 16.7 Å². The average molecular weight is 979 g/mol. The topological polar surface area (TPSA) is 0 Å². The van der Waals surface area contributed by atoms with E-state index in [4.69, 9.17) is 0 Å². The van der Waals surface area contributed by atoms with Crippen LogP contribution in [0.5, 0.6) is 0 Å². The van der Waals surface area contributed by atoms with Gasteiger partial charge in [-0.15, -0.1) is 0 Å². The fraction of sp³-hybridized carbons (Fsp3) is 0.0500. The first kappa shape index (κ1) is 31.5. The van der Waals surface area contributed by atoms with E-state index in [0.29, 0.717) is 0 Å². The predicted octanol–water partition coefficient (Wildman–Crippen LogP) is 21.0. The van der Waals surface area contributed by atoms with Crippen molar-refractivity contribution in [2.24, 2.45) is 0 Å². The molecule has 0 bridgehead atoms. The van der Waals surface area contributed by atoms with Crippen LogP contribution in [-0.2, 0) is 17.3 Å². The molecule has 0 saturated carbocycles. The van der Waals surface area contributed by atoms with Gasteiger partial charge in [0.1, 0.15) is 0 Å². The number of benzene rings is 20. The van der Waals surface area contributed by atoms with Gasteiger partial charge in [0.25, 0.3) is 0 Å². The zero-order valence-electron chi connectivity index (χ0n) is 41.4. The number of rotatable bonds is 5. The van der Waals surface area contributed by atoms with Crippen LogP contribution >= 0.6 is 0 Å². The Kier molecular flexibility index (Phi) is 3.03. The summed E-state index contributed by atoms with van der Waals surface area (Å²) in [5.41, 5.74) is 13.8. The summed E-state index contributed by atoms with van der Waals surface area (Å²) in [6.45, 7) is 0. The van der Waals surface area contributed by atoms with Gasteiger partial charge in [-0.05, 0) is 337 Å². The zero-order chi connectivity index (χ0) is 48.1. The predicted molar refractivity (Wildman–Crippen MR) is 337 cm³/mol. The van der Waals surface area contributed by atoms with Crippen molar-refractivity contribution in [3.05, 3.63) is 141 Å². The van der Waals surface area contributed by atoms with E-state index < -0.39 is 10.8 Å². The molecule has 5 aliphatic rings. The van der Waals surface area contributed by atoms with Crippen LogP contribution in [0.3, 0.4) is 0 Å². The van der Waals surface area contributed by atoms with E-state index in [2.05, 4.69) is 91.0 Å². The summed E-state index contributed by atoms with van der Waals surface area (Å²) in [4.78, 5) is 0. The molecule has 0 heterocycles. The van der Waals surface area contributed by atoms with E-state index >= 15 is 0 Å². The summed E-state index contributed by atoms with van der Waals surface area (Å²) in [7, 11) is 0. The number of hydrogen-bond acceptors (Lipinski definition) is 0. The summed E-state index contributed by atoms with van der Waals surface area (Å²) >= 11 is 0. The van der Waals surface area contributed by atoms with Crippen molar-refractivity contribution in [3.8, 4) is 0 Å². The molecule has 0 spiro atoms. The molecule has 0 unspecified atom stereocenters. The van der Waals surface area contributed by atoms with E-state index in [-0.39, 0.29) is 5.92 Å². The zero-order valence-corrected chi connectivity index (χ0v) is 41.4. The Hall–Kier alpha value is -9.88. The third-order valence-corrected chi connectivity index (χ3v) is 27.5. The first-order valence-electron chi connectivity index (χ1n) is 29.8. The highest BCUT2D eigenvalue weighted by Gasteiger charge is 2.68. The van der Waals surface area contributed by atoms with Gasteiger partial charge in [0.2, 0.25) is 0 Å². The molecular weight excluding hydrogens is 961 g/mol. The molecule has 338 valence electrons. The monoisotopic (exact) mass is 978 g/mol. The molecule has 0 fully saturated rings. The molecule has 0 N–H and O–H groups in total. The lowest BCUT2D eigenvalue weighted by Crippen LogP contribution is -2.47. The molecule has 0 radical (unpaired) electrons. The second-order valence-corrected chi connectivity index (χ2v) is 28.4. The van der Waals surface area contributed by atoms with Crippen LogP contribution in [0.1, 0.15) is 56.0 Å². The SMILES string of the molecule is c1ccc(C[C@]23c4c5c6c7c8c9c%10c%11c(c2c2c%12c3c3c%13c4c6c4c6c%13c%13c3c3c%12c%12c%14c2c%11c2c%11c%10c%10c8c8c7c4c4c6c6c%13c7c3c%12c3c(c%142)c2c%11c%10c%10c8c4c4c%10c2c3c7c64)[C@@]59C(c2ccccc2)c2ccccc2)cc1. The lowest BCUT2D eigenvalue weighted by Gasteiger charge is -2.52. The molecule has 2 atom stereocenters. The van der Waals surface area contributed by atoms with Crippen LogP contribution in [-0.4, -0.2) is 0 Å². The van der Waals surface area contributed by atoms with E-state index in [1.54, 1.807) is 313 Å². The molecule has 30 aromatic rings. The highest BCUT2D eigenvalue weighted by Crippen LogP contribution is 2.85. The minimum Gasteiger partial charge on any atom is -0.0622 e. The maximum absolute atomic E-state index is 2.55. The molecule has 5 aliphatic carbocycles. The van der Waals surface area contributed by atoms with Gasteiger partial charge in [0.05, 0.1) is 10.8 Å². The Labute approximate surface area is 441 Å². The quantitative estimate of drug-likeness (QED) is 0.151. The van der Waals surface area contributed by atoms with Crippen molar-refractivity contribution >= 4 is 280 Å². The third kappa shape index (κ3) is 1.87. The minimum absolute atomic E-state index is 0.0313. The molecule has 0 aromatic heterocycles. The molecule has 30 aromatic carbocycles. The van der Waals surface area contributed by atoms with Crippen molar-refractivity contribution in [3.63, 3.8) is 0 Å². The number of hydrogen-bond donors (Lipinski definition) is 0. The van der Waals surface area contributed by atoms with Crippen molar-refractivity contribution in [2.45, 2.75) is 23.2 Å². The lowest BCUT2D eigenvalue weighted by atomic mass is 9.48. The molecule has 80 heavy (non-hydrogen) atoms. The lowest BCUT2D eigenvalue weighted by molar-refractivity contribution is 0.498. The van der Waals surface area contributed by atoms with Gasteiger partial charge >= 0.3 is 0 Å². The van der Waals surface area contributed by atoms with Gasteiger partial charge in [-0.2, -0.15) is 0 Å². The standard InChI is InChI=1S/C80H18/c1-4-10-17(11-5-1)16-79-73-64-55-48-35-28-22-23-25-21-20-24(22)33(35)39-37-26(20)30-27(21)38-40-34(25)36-29(23)32-31(28)42-50-43(32)52-49(36)56-54(40)58-45(38)47-41(30)46-44(37)57(53(39)55)68(73)70-59(46)60(47)71-69(58)74-65(56)62(52)67-63(50)66(61(64)51(42)48)75(79)77(67)80(74,78(71)76(70)79)72(18-12-6-2-7-13-18)19-14-8-3-9-15-19/h1-15,72H,16H2/t79-,80+/m0/s1. The van der Waals surface area contributed by atoms with Crippen LogP contribution < -0.4 is 0 Å². The van der Waals surface area contributed by atoms with Gasteiger partial charge in [-0.25, -0.2) is 0 Å². The van der Waals surface area contributed by atoms with E-state index in [1.807, 2.05) is 0 Å². The maximum Gasteiger partial charge on any atom is 0.0592 e. The van der Waals surface area contributed by atoms with Crippen LogP contribution in [0.15, 0.2) is 91.0 Å². The Morgan fingerprint density at radius 3 is 0.713 bits per heavy atom. The minimum atomic E-state index is -0.509. The van der Waals surface area contributed by atoms with E-state index in [0.717, 1.165) is 6.42 Å². The van der Waals surface area contributed by atoms with Gasteiger partial charge in [-0.1, -0.05) is 91.0 Å². The Morgan fingerprint density at radius 2 is 0.388 bits per heavy atom. The third-order valence-electron chi connectivity index (χ3n) is 27.5. The van der Waals surface area contributed by atoms with Gasteiger partial charge < -0.3 is 0 Å². The maximum atomic E-state index is 2.55. The van der Waals surface area contributed by atoms with Crippen LogP contribution in [0, 0.1) is 0 Å². The Balaban J connectivity index is 1.09. The van der Waals surface area contributed by atoms with Crippen LogP contribution in [0.2, 0.25) is 0 Å². The van der Waals surface area contributed by atoms with Crippen molar-refractivity contribution < 1.29 is 0 Å². The fourth-order valence-electron chi connectivity index (χ4n) is 27.0. The second kappa shape index (κ2) is 7.70. The smallest absolute Gasteiger partial charge is 0.0592 e. The normalized spacial score (nSPS) is 20.5. The van der Waals surface area contributed by atoms with E-state index in [9.17, 15) is 0 Å². The van der Waals surface area contributed by atoms with Crippen LogP contribution in [0.4, 0.5) is 0 Å². The first-order valence-corrected chi connectivity index (χ1v) is 29.8. The summed E-state index contributed by atoms with van der Waals surface area (Å²) < 4.78 is 0. The molecule has 0 amide bonds. The second-order valence-electron chi connectivity index (χ2n) is 28.4. The molecular formula is C80H18. The molecule has 0 saturated heterocycles. The fourth-order valence-corrected chi connectivity index (χ4v) is 27.0. The Bertz CT molecular complexity index is 8070. The molecule has 35 rings (SSSR count). The molecule has 0 nitrogen and oxygen atoms in total. The van der Waals surface area contributed by atoms with Crippen LogP contribution in [0.25, 0.3) is 280 Å². The molecule has 0 heteroatoms. The molecule has 0 aliphatic heterocycles. The van der Waals surface area contributed by atoms with Gasteiger partial charge in [-0.3, -0.25) is 0 Å². The summed E-state index contributed by atoms with van der Waals surface area (Å²) in [6.07, 6.45) is 0.975. The van der Waals surface area contributed by atoms with Crippen molar-refractivity contribution in [1.82, 2.24) is 0 Å². The average Bonchev–Trinajstić information content (AvgIpc) is 1.53. The first-order chi connectivity index (χ1) is 39.9. The van der Waals surface area contributed by atoms with Crippen molar-refractivity contribution in [1.29, 1.82) is 0 Å². The summed E-state index contributed by atoms with van der Waals surface area (Å²) in [6, 6.07) is 36.3.